The van der Waals surface area contributed by atoms with Gasteiger partial charge in [0.05, 0.1) is 5.56 Å². The number of fused-ring (bicyclic) bond motifs is 1. The van der Waals surface area contributed by atoms with Crippen LogP contribution in [0.25, 0.3) is 0 Å². The van der Waals surface area contributed by atoms with Crippen LogP contribution in [0.15, 0.2) is 4.42 Å². The first-order valence-electron chi connectivity index (χ1n) is 7.34. The summed E-state index contributed by atoms with van der Waals surface area (Å²) < 4.78 is 5.66. The largest absolute Gasteiger partial charge is 0.455 e. The van der Waals surface area contributed by atoms with Crippen LogP contribution in [0, 0.1) is 6.92 Å². The summed E-state index contributed by atoms with van der Waals surface area (Å²) in [6, 6.07) is 0.147. The van der Waals surface area contributed by atoms with Crippen molar-refractivity contribution in [3.63, 3.8) is 0 Å². The van der Waals surface area contributed by atoms with Crippen LogP contribution in [0.5, 0.6) is 0 Å². The van der Waals surface area contributed by atoms with E-state index in [2.05, 4.69) is 10.6 Å². The number of ketones is 1. The molecule has 6 heteroatoms. The Morgan fingerprint density at radius 1 is 1.33 bits per heavy atom. The second-order valence-corrected chi connectivity index (χ2v) is 5.65. The number of halogens is 1. The van der Waals surface area contributed by atoms with E-state index in [1.165, 1.54) is 0 Å². The van der Waals surface area contributed by atoms with Crippen molar-refractivity contribution < 1.29 is 14.0 Å². The molecule has 0 spiro atoms. The predicted molar refractivity (Wildman–Crippen MR) is 81.3 cm³/mol. The number of Topliss-reactive ketones (excluding diaryl/α,β-unsaturated/α-hetero) is 1. The van der Waals surface area contributed by atoms with Gasteiger partial charge in [0.15, 0.2) is 11.5 Å². The van der Waals surface area contributed by atoms with E-state index in [1.54, 1.807) is 6.92 Å². The van der Waals surface area contributed by atoms with Crippen molar-refractivity contribution in [2.24, 2.45) is 0 Å². The number of carbonyl (C=O) groups is 2. The Balaban J connectivity index is 0.00000161. The monoisotopic (exact) mass is 312 g/mol. The van der Waals surface area contributed by atoms with Crippen LogP contribution in [-0.4, -0.2) is 30.8 Å². The highest BCUT2D eigenvalue weighted by Crippen LogP contribution is 2.29. The molecule has 3 rings (SSSR count). The molecule has 0 bridgehead atoms. The average Bonchev–Trinajstić information content (AvgIpc) is 2.79. The highest BCUT2D eigenvalue weighted by Gasteiger charge is 2.29. The standard InChI is InChI=1S/C15H20N2O3.ClH/c1-9-13-11(18)5-2-6-12(13)20-14(9)15(19)17-10-4-3-7-16-8-10;/h10,16H,2-8H2,1H3,(H,17,19);1H. The highest BCUT2D eigenvalue weighted by atomic mass is 35.5. The lowest BCUT2D eigenvalue weighted by Crippen LogP contribution is -2.45. The quantitative estimate of drug-likeness (QED) is 0.876. The molecule has 1 amide bonds. The van der Waals surface area contributed by atoms with Gasteiger partial charge in [0.25, 0.3) is 5.91 Å². The molecule has 1 atom stereocenters. The van der Waals surface area contributed by atoms with Crippen molar-refractivity contribution in [2.45, 2.75) is 45.1 Å². The lowest BCUT2D eigenvalue weighted by molar-refractivity contribution is 0.0897. The Morgan fingerprint density at radius 2 is 2.14 bits per heavy atom. The number of amides is 1. The van der Waals surface area contributed by atoms with Crippen LogP contribution in [0.4, 0.5) is 0 Å². The number of aryl methyl sites for hydroxylation is 1. The molecule has 116 valence electrons. The fourth-order valence-electron chi connectivity index (χ4n) is 3.09. The summed E-state index contributed by atoms with van der Waals surface area (Å²) in [5, 5.41) is 6.26. The first-order valence-corrected chi connectivity index (χ1v) is 7.34. The maximum atomic E-state index is 12.3. The van der Waals surface area contributed by atoms with Crippen molar-refractivity contribution in [2.75, 3.05) is 13.1 Å². The van der Waals surface area contributed by atoms with Crippen LogP contribution in [-0.2, 0) is 6.42 Å². The third kappa shape index (κ3) is 3.14. The van der Waals surface area contributed by atoms with Gasteiger partial charge in [-0.15, -0.1) is 12.4 Å². The molecular formula is C15H21ClN2O3. The van der Waals surface area contributed by atoms with Gasteiger partial charge in [-0.2, -0.15) is 0 Å². The van der Waals surface area contributed by atoms with Gasteiger partial charge in [-0.25, -0.2) is 0 Å². The minimum atomic E-state index is -0.196. The molecule has 1 aliphatic heterocycles. The minimum Gasteiger partial charge on any atom is -0.455 e. The van der Waals surface area contributed by atoms with Crippen molar-refractivity contribution in [1.82, 2.24) is 10.6 Å². The third-order valence-corrected chi connectivity index (χ3v) is 4.14. The summed E-state index contributed by atoms with van der Waals surface area (Å²) in [7, 11) is 0. The van der Waals surface area contributed by atoms with Gasteiger partial charge < -0.3 is 15.1 Å². The number of rotatable bonds is 2. The lowest BCUT2D eigenvalue weighted by Gasteiger charge is -2.23. The Kier molecular flexibility index (Phi) is 5.06. The van der Waals surface area contributed by atoms with Crippen molar-refractivity contribution >= 4 is 24.1 Å². The topological polar surface area (TPSA) is 71.3 Å². The summed E-state index contributed by atoms with van der Waals surface area (Å²) >= 11 is 0. The Labute approximate surface area is 130 Å². The normalized spacial score (nSPS) is 21.4. The zero-order valence-electron chi connectivity index (χ0n) is 12.2. The minimum absolute atomic E-state index is 0. The molecule has 0 saturated carbocycles. The number of hydrogen-bond acceptors (Lipinski definition) is 4. The molecule has 1 aliphatic carbocycles. The van der Waals surface area contributed by atoms with Gasteiger partial charge in [0.2, 0.25) is 0 Å². The number of furan rings is 1. The molecule has 1 aromatic rings. The van der Waals surface area contributed by atoms with E-state index in [0.717, 1.165) is 38.8 Å². The summed E-state index contributed by atoms with van der Waals surface area (Å²) in [6.45, 7) is 3.61. The molecular weight excluding hydrogens is 292 g/mol. The van der Waals surface area contributed by atoms with E-state index in [-0.39, 0.29) is 30.1 Å². The number of hydrogen-bond donors (Lipinski definition) is 2. The van der Waals surface area contributed by atoms with Gasteiger partial charge in [-0.05, 0) is 32.7 Å². The number of piperidine rings is 1. The first kappa shape index (κ1) is 16.0. The zero-order chi connectivity index (χ0) is 14.1. The molecule has 1 unspecified atom stereocenters. The Morgan fingerprint density at radius 3 is 2.81 bits per heavy atom. The van der Waals surface area contributed by atoms with Crippen LogP contribution in [0.1, 0.15) is 57.9 Å². The van der Waals surface area contributed by atoms with Gasteiger partial charge in [0.1, 0.15) is 5.76 Å². The van der Waals surface area contributed by atoms with Crippen molar-refractivity contribution in [1.29, 1.82) is 0 Å². The number of carbonyl (C=O) groups excluding carboxylic acids is 2. The lowest BCUT2D eigenvalue weighted by atomic mass is 9.94. The van der Waals surface area contributed by atoms with E-state index in [4.69, 9.17) is 4.42 Å². The molecule has 0 radical (unpaired) electrons. The molecule has 2 N–H and O–H groups in total. The second-order valence-electron chi connectivity index (χ2n) is 5.65. The zero-order valence-corrected chi connectivity index (χ0v) is 13.0. The fraction of sp³-hybridized carbons (Fsp3) is 0.600. The second kappa shape index (κ2) is 6.62. The summed E-state index contributed by atoms with van der Waals surface area (Å²) in [5.41, 5.74) is 1.34. The highest BCUT2D eigenvalue weighted by molar-refractivity contribution is 6.03. The maximum Gasteiger partial charge on any atom is 0.287 e. The Hall–Kier alpha value is -1.33. The number of nitrogens with one attached hydrogen (secondary N) is 2. The van der Waals surface area contributed by atoms with Crippen LogP contribution >= 0.6 is 12.4 Å². The molecule has 21 heavy (non-hydrogen) atoms. The van der Waals surface area contributed by atoms with E-state index in [1.807, 2.05) is 0 Å². The fourth-order valence-corrected chi connectivity index (χ4v) is 3.09. The van der Waals surface area contributed by atoms with Crippen LogP contribution < -0.4 is 10.6 Å². The smallest absolute Gasteiger partial charge is 0.287 e. The van der Waals surface area contributed by atoms with E-state index in [9.17, 15) is 9.59 Å². The average molecular weight is 313 g/mol. The van der Waals surface area contributed by atoms with Crippen molar-refractivity contribution in [3.8, 4) is 0 Å². The van der Waals surface area contributed by atoms with Gasteiger partial charge in [-0.1, -0.05) is 0 Å². The Bertz CT molecular complexity index is 547. The molecule has 2 aliphatic rings. The summed E-state index contributed by atoms with van der Waals surface area (Å²) in [5.74, 6) is 0.908. The molecule has 1 saturated heterocycles. The predicted octanol–water partition coefficient (Wildman–Crippen LogP) is 2.01. The molecule has 1 fully saturated rings. The maximum absolute atomic E-state index is 12.3. The van der Waals surface area contributed by atoms with Crippen LogP contribution in [0.3, 0.4) is 0 Å². The summed E-state index contributed by atoms with van der Waals surface area (Å²) in [4.78, 5) is 24.2. The van der Waals surface area contributed by atoms with E-state index < -0.39 is 0 Å². The van der Waals surface area contributed by atoms with Gasteiger partial charge in [-0.3, -0.25) is 9.59 Å². The van der Waals surface area contributed by atoms with Crippen molar-refractivity contribution in [3.05, 3.63) is 22.6 Å². The van der Waals surface area contributed by atoms with Crippen LogP contribution in [0.2, 0.25) is 0 Å². The van der Waals surface area contributed by atoms with E-state index >= 15 is 0 Å². The molecule has 1 aromatic heterocycles. The van der Waals surface area contributed by atoms with E-state index in [0.29, 0.717) is 29.1 Å². The SMILES string of the molecule is Cc1c(C(=O)NC2CCCNC2)oc2c1C(=O)CCC2.Cl. The first-order chi connectivity index (χ1) is 9.66. The molecule has 0 aromatic carbocycles. The summed E-state index contributed by atoms with van der Waals surface area (Å²) in [6.07, 6.45) is 4.17. The van der Waals surface area contributed by atoms with Gasteiger partial charge in [0, 0.05) is 31.0 Å². The van der Waals surface area contributed by atoms with Gasteiger partial charge >= 0.3 is 0 Å². The molecule has 5 nitrogen and oxygen atoms in total. The molecule has 2 heterocycles. The third-order valence-electron chi connectivity index (χ3n) is 4.14.